The zero-order chi connectivity index (χ0) is 11.4. The zero-order valence-corrected chi connectivity index (χ0v) is 10.2. The highest BCUT2D eigenvalue weighted by Crippen LogP contribution is 2.20. The van der Waals surface area contributed by atoms with E-state index in [9.17, 15) is 4.79 Å². The number of nitrogens with zero attached hydrogens (tertiary/aromatic N) is 1. The lowest BCUT2D eigenvalue weighted by atomic mass is 10.3. The van der Waals surface area contributed by atoms with E-state index in [4.69, 9.17) is 4.74 Å². The molecule has 0 aliphatic carbocycles. The quantitative estimate of drug-likeness (QED) is 0.843. The highest BCUT2D eigenvalue weighted by Gasteiger charge is 2.22. The highest BCUT2D eigenvalue weighted by molar-refractivity contribution is 9.10. The van der Waals surface area contributed by atoms with Crippen molar-refractivity contribution in [3.8, 4) is 0 Å². The van der Waals surface area contributed by atoms with Crippen LogP contribution in [0.15, 0.2) is 22.9 Å². The molecule has 1 fully saturated rings. The van der Waals surface area contributed by atoms with Crippen LogP contribution in [0.4, 0.5) is 5.69 Å². The third-order valence-corrected chi connectivity index (χ3v) is 2.88. The average molecular weight is 286 g/mol. The van der Waals surface area contributed by atoms with Crippen molar-refractivity contribution in [2.45, 2.75) is 6.10 Å². The van der Waals surface area contributed by atoms with E-state index < -0.39 is 6.10 Å². The standard InChI is InChI=1S/C10H12BrN3O2/c11-7-5-12-2-1-8(7)14-10(15)9-6-13-3-4-16-9/h1-2,5,9,13H,3-4,6H2,(H,12,14,15). The maximum Gasteiger partial charge on any atom is 0.254 e. The van der Waals surface area contributed by atoms with Gasteiger partial charge in [0.15, 0.2) is 0 Å². The van der Waals surface area contributed by atoms with Crippen molar-refractivity contribution in [1.82, 2.24) is 10.3 Å². The summed E-state index contributed by atoms with van der Waals surface area (Å²) in [5.74, 6) is -0.140. The van der Waals surface area contributed by atoms with Crippen LogP contribution >= 0.6 is 15.9 Å². The molecule has 86 valence electrons. The number of morpholine rings is 1. The normalized spacial score (nSPS) is 20.4. The van der Waals surface area contributed by atoms with E-state index in [1.165, 1.54) is 0 Å². The summed E-state index contributed by atoms with van der Waals surface area (Å²) in [5, 5.41) is 5.90. The van der Waals surface area contributed by atoms with E-state index in [0.29, 0.717) is 18.8 Å². The number of ether oxygens (including phenoxy) is 1. The number of rotatable bonds is 2. The van der Waals surface area contributed by atoms with Gasteiger partial charge in [0.1, 0.15) is 6.10 Å². The summed E-state index contributed by atoms with van der Waals surface area (Å²) in [5.41, 5.74) is 0.703. The van der Waals surface area contributed by atoms with Gasteiger partial charge in [-0.2, -0.15) is 0 Å². The Morgan fingerprint density at radius 3 is 3.25 bits per heavy atom. The van der Waals surface area contributed by atoms with Gasteiger partial charge in [-0.15, -0.1) is 0 Å². The second kappa shape index (κ2) is 5.38. The van der Waals surface area contributed by atoms with Gasteiger partial charge in [-0.05, 0) is 22.0 Å². The fraction of sp³-hybridized carbons (Fsp3) is 0.400. The molecule has 0 aromatic carbocycles. The van der Waals surface area contributed by atoms with E-state index in [-0.39, 0.29) is 5.91 Å². The largest absolute Gasteiger partial charge is 0.366 e. The third-order valence-electron chi connectivity index (χ3n) is 2.25. The van der Waals surface area contributed by atoms with Crippen LogP contribution in [0.2, 0.25) is 0 Å². The number of hydrogen-bond acceptors (Lipinski definition) is 4. The Labute approximate surface area is 102 Å². The molecule has 1 aromatic rings. The molecule has 1 saturated heterocycles. The SMILES string of the molecule is O=C(Nc1ccncc1Br)C1CNCCO1. The van der Waals surface area contributed by atoms with E-state index in [0.717, 1.165) is 11.0 Å². The molecule has 1 amide bonds. The Morgan fingerprint density at radius 2 is 2.56 bits per heavy atom. The van der Waals surface area contributed by atoms with Gasteiger partial charge in [0.25, 0.3) is 5.91 Å². The fourth-order valence-electron chi connectivity index (χ4n) is 1.42. The summed E-state index contributed by atoms with van der Waals surface area (Å²) in [7, 11) is 0. The lowest BCUT2D eigenvalue weighted by molar-refractivity contribution is -0.128. The van der Waals surface area contributed by atoms with Gasteiger partial charge in [0.2, 0.25) is 0 Å². The van der Waals surface area contributed by atoms with Crippen molar-refractivity contribution in [2.24, 2.45) is 0 Å². The number of aromatic nitrogens is 1. The number of carbonyl (C=O) groups is 1. The van der Waals surface area contributed by atoms with Gasteiger partial charge in [0.05, 0.1) is 16.8 Å². The Balaban J connectivity index is 1.99. The van der Waals surface area contributed by atoms with Gasteiger partial charge < -0.3 is 15.4 Å². The van der Waals surface area contributed by atoms with Crippen LogP contribution < -0.4 is 10.6 Å². The molecule has 1 atom stereocenters. The summed E-state index contributed by atoms with van der Waals surface area (Å²) < 4.78 is 6.10. The molecule has 2 heterocycles. The molecule has 2 rings (SSSR count). The second-order valence-corrected chi connectivity index (χ2v) is 4.26. The van der Waals surface area contributed by atoms with Gasteiger partial charge in [-0.25, -0.2) is 0 Å². The molecule has 6 heteroatoms. The van der Waals surface area contributed by atoms with Crippen molar-refractivity contribution < 1.29 is 9.53 Å². The Kier molecular flexibility index (Phi) is 3.87. The van der Waals surface area contributed by atoms with Crippen LogP contribution in [0.3, 0.4) is 0 Å². The van der Waals surface area contributed by atoms with Gasteiger partial charge in [0, 0.05) is 25.5 Å². The molecule has 1 aromatic heterocycles. The summed E-state index contributed by atoms with van der Waals surface area (Å²) in [6, 6.07) is 1.73. The number of carbonyl (C=O) groups excluding carboxylic acids is 1. The van der Waals surface area contributed by atoms with E-state index in [1.807, 2.05) is 0 Å². The molecule has 5 nitrogen and oxygen atoms in total. The lowest BCUT2D eigenvalue weighted by Crippen LogP contribution is -2.45. The molecule has 2 N–H and O–H groups in total. The van der Waals surface area contributed by atoms with Crippen LogP contribution in [0.5, 0.6) is 0 Å². The molecule has 0 radical (unpaired) electrons. The maximum atomic E-state index is 11.8. The Hall–Kier alpha value is -0.980. The second-order valence-electron chi connectivity index (χ2n) is 3.41. The minimum Gasteiger partial charge on any atom is -0.366 e. The van der Waals surface area contributed by atoms with E-state index in [2.05, 4.69) is 31.5 Å². The summed E-state index contributed by atoms with van der Waals surface area (Å²) in [6.45, 7) is 1.91. The predicted octanol–water partition coefficient (Wildman–Crippen LogP) is 0.771. The van der Waals surface area contributed by atoms with Crippen molar-refractivity contribution in [1.29, 1.82) is 0 Å². The molecular formula is C10H12BrN3O2. The number of hydrogen-bond donors (Lipinski definition) is 2. The van der Waals surface area contributed by atoms with Crippen LogP contribution in [-0.2, 0) is 9.53 Å². The molecular weight excluding hydrogens is 274 g/mol. The van der Waals surface area contributed by atoms with Gasteiger partial charge in [-0.1, -0.05) is 0 Å². The van der Waals surface area contributed by atoms with Crippen LogP contribution in [-0.4, -0.2) is 36.7 Å². The number of nitrogens with one attached hydrogen (secondary N) is 2. The average Bonchev–Trinajstić information content (AvgIpc) is 2.33. The summed E-state index contributed by atoms with van der Waals surface area (Å²) >= 11 is 3.32. The first-order valence-corrected chi connectivity index (χ1v) is 5.79. The van der Waals surface area contributed by atoms with E-state index >= 15 is 0 Å². The minimum atomic E-state index is -0.422. The number of anilines is 1. The molecule has 0 saturated carbocycles. The molecule has 16 heavy (non-hydrogen) atoms. The van der Waals surface area contributed by atoms with Crippen molar-refractivity contribution >= 4 is 27.5 Å². The first-order chi connectivity index (χ1) is 7.77. The summed E-state index contributed by atoms with van der Waals surface area (Å²) in [6.07, 6.45) is 2.84. The van der Waals surface area contributed by atoms with E-state index in [1.54, 1.807) is 18.5 Å². The Morgan fingerprint density at radius 1 is 1.69 bits per heavy atom. The predicted molar refractivity (Wildman–Crippen MR) is 63.2 cm³/mol. The van der Waals surface area contributed by atoms with Crippen molar-refractivity contribution in [2.75, 3.05) is 25.0 Å². The first-order valence-electron chi connectivity index (χ1n) is 5.00. The smallest absolute Gasteiger partial charge is 0.254 e. The zero-order valence-electron chi connectivity index (χ0n) is 8.57. The van der Waals surface area contributed by atoms with Crippen molar-refractivity contribution in [3.05, 3.63) is 22.9 Å². The molecule has 1 aliphatic rings. The monoisotopic (exact) mass is 285 g/mol. The lowest BCUT2D eigenvalue weighted by Gasteiger charge is -2.22. The van der Waals surface area contributed by atoms with Gasteiger partial charge in [-0.3, -0.25) is 9.78 Å². The fourth-order valence-corrected chi connectivity index (χ4v) is 1.77. The summed E-state index contributed by atoms with van der Waals surface area (Å²) in [4.78, 5) is 15.7. The van der Waals surface area contributed by atoms with Crippen molar-refractivity contribution in [3.63, 3.8) is 0 Å². The third kappa shape index (κ3) is 2.78. The first kappa shape index (κ1) is 11.5. The molecule has 0 spiro atoms. The van der Waals surface area contributed by atoms with Crippen LogP contribution in [0.25, 0.3) is 0 Å². The maximum absolute atomic E-state index is 11.8. The molecule has 0 bridgehead atoms. The molecule has 1 aliphatic heterocycles. The van der Waals surface area contributed by atoms with Crippen LogP contribution in [0.1, 0.15) is 0 Å². The topological polar surface area (TPSA) is 63.2 Å². The minimum absolute atomic E-state index is 0.140. The van der Waals surface area contributed by atoms with Gasteiger partial charge >= 0.3 is 0 Å². The van der Waals surface area contributed by atoms with Crippen LogP contribution in [0, 0.1) is 0 Å². The number of amides is 1. The number of halogens is 1. The number of pyridine rings is 1. The molecule has 1 unspecified atom stereocenters. The highest BCUT2D eigenvalue weighted by atomic mass is 79.9. The Bertz CT molecular complexity index is 380.